The predicted octanol–water partition coefficient (Wildman–Crippen LogP) is 19.3. The lowest BCUT2D eigenvalue weighted by Crippen LogP contribution is -2.61. The zero-order valence-corrected chi connectivity index (χ0v) is 42.6. The van der Waals surface area contributed by atoms with Gasteiger partial charge in [-0.15, -0.1) is 0 Å². The molecular formula is C59H104O2. The summed E-state index contributed by atoms with van der Waals surface area (Å²) in [6, 6.07) is 0. The predicted molar refractivity (Wildman–Crippen MR) is 265 cm³/mol. The fourth-order valence-corrected chi connectivity index (χ4v) is 15.7. The quantitative estimate of drug-likeness (QED) is 0.0339. The van der Waals surface area contributed by atoms with Gasteiger partial charge in [-0.25, -0.2) is 0 Å². The highest BCUT2D eigenvalue weighted by Crippen LogP contribution is 2.76. The Balaban J connectivity index is 0.901. The molecule has 352 valence electrons. The van der Waals surface area contributed by atoms with Crippen LogP contribution in [0.5, 0.6) is 0 Å². The Bertz CT molecular complexity index is 1370. The van der Waals surface area contributed by atoms with Crippen LogP contribution >= 0.6 is 0 Å². The molecule has 0 saturated heterocycles. The van der Waals surface area contributed by atoms with Crippen molar-refractivity contribution in [1.82, 2.24) is 0 Å². The molecule has 0 spiro atoms. The molecule has 61 heavy (non-hydrogen) atoms. The van der Waals surface area contributed by atoms with Crippen molar-refractivity contribution in [1.29, 1.82) is 0 Å². The Hall–Kier alpha value is -1.05. The second-order valence-corrected chi connectivity index (χ2v) is 24.5. The minimum Gasteiger partial charge on any atom is -0.435 e. The van der Waals surface area contributed by atoms with Gasteiger partial charge in [0.05, 0.1) is 6.26 Å². The van der Waals surface area contributed by atoms with Crippen LogP contribution in [0.15, 0.2) is 23.5 Å². The molecule has 0 aromatic heterocycles. The van der Waals surface area contributed by atoms with Gasteiger partial charge in [0.1, 0.15) is 0 Å². The van der Waals surface area contributed by atoms with Crippen LogP contribution in [0.2, 0.25) is 0 Å². The van der Waals surface area contributed by atoms with Crippen molar-refractivity contribution >= 4 is 5.97 Å². The summed E-state index contributed by atoms with van der Waals surface area (Å²) < 4.78 is 5.95. The highest BCUT2D eigenvalue weighted by atomic mass is 16.5. The van der Waals surface area contributed by atoms with Crippen molar-refractivity contribution in [2.24, 2.45) is 56.7 Å². The standard InChI is InChI=1S/C59H104O2/c1-10-11-12-13-14-15-16-17-18-19-20-21-22-23-24-25-26-27-28-29-30-31-32-33-34-35-53(60)61-46-48-38-42-57(7)50-40-43-59(9)54-49(47(2)3)39-41-56(54,6)44-45-58(59,8)51(50)36-37-52(57)55(48,4)5/h40,46-47,49,51-52,54H,10-39,41-45H2,1-9H3/b48-46+/t49-,51?,52?,54-,56-,57+,58-,59+/m0/s1. The highest BCUT2D eigenvalue weighted by Gasteiger charge is 2.68. The van der Waals surface area contributed by atoms with Crippen LogP contribution in [-0.4, -0.2) is 5.97 Å². The van der Waals surface area contributed by atoms with E-state index in [2.05, 4.69) is 68.4 Å². The van der Waals surface area contributed by atoms with E-state index < -0.39 is 0 Å². The van der Waals surface area contributed by atoms with Crippen molar-refractivity contribution in [3.8, 4) is 0 Å². The number of allylic oxidation sites excluding steroid dienone is 3. The zero-order valence-electron chi connectivity index (χ0n) is 42.6. The van der Waals surface area contributed by atoms with Gasteiger partial charge in [-0.1, -0.05) is 228 Å². The Kier molecular flexibility index (Phi) is 20.0. The SMILES string of the molecule is CCCCCCCCCCCCCCCCCCCCCCCCCCCC(=O)O/C=C1\CC[C@]2(C)C3=CC[C@]4(C)[C@H]5[C@H](C(C)C)CC[C@@]5(C)CC[C@@]4(C)C3CCC2C1(C)C. The van der Waals surface area contributed by atoms with Gasteiger partial charge in [-0.05, 0) is 126 Å². The molecule has 0 amide bonds. The third-order valence-electron chi connectivity index (χ3n) is 19.8. The monoisotopic (exact) mass is 845 g/mol. The van der Waals surface area contributed by atoms with Gasteiger partial charge >= 0.3 is 5.97 Å². The van der Waals surface area contributed by atoms with Gasteiger partial charge in [-0.2, -0.15) is 0 Å². The molecule has 2 heteroatoms. The third-order valence-corrected chi connectivity index (χ3v) is 19.8. The topological polar surface area (TPSA) is 26.3 Å². The number of unbranched alkanes of at least 4 members (excludes halogenated alkanes) is 24. The third kappa shape index (κ3) is 12.4. The molecule has 0 bridgehead atoms. The molecule has 5 rings (SSSR count). The van der Waals surface area contributed by atoms with Gasteiger partial charge in [0.15, 0.2) is 0 Å². The molecule has 2 nitrogen and oxygen atoms in total. The lowest BCUT2D eigenvalue weighted by Gasteiger charge is -2.69. The van der Waals surface area contributed by atoms with Gasteiger partial charge in [0, 0.05) is 6.42 Å². The van der Waals surface area contributed by atoms with Crippen molar-refractivity contribution < 1.29 is 9.53 Å². The van der Waals surface area contributed by atoms with E-state index in [4.69, 9.17) is 4.74 Å². The van der Waals surface area contributed by atoms with Crippen molar-refractivity contribution in [2.45, 2.75) is 287 Å². The zero-order chi connectivity index (χ0) is 44.0. The van der Waals surface area contributed by atoms with Gasteiger partial charge in [0.25, 0.3) is 0 Å². The molecule has 0 aromatic rings. The normalized spacial score (nSPS) is 33.5. The molecule has 5 aliphatic carbocycles. The number of rotatable bonds is 28. The first-order valence-corrected chi connectivity index (χ1v) is 27.8. The molecule has 0 N–H and O–H groups in total. The van der Waals surface area contributed by atoms with Crippen molar-refractivity contribution in [3.05, 3.63) is 23.5 Å². The first kappa shape index (κ1) is 50.9. The van der Waals surface area contributed by atoms with E-state index in [0.29, 0.717) is 28.6 Å². The van der Waals surface area contributed by atoms with Crippen LogP contribution < -0.4 is 0 Å². The van der Waals surface area contributed by atoms with E-state index in [1.165, 1.54) is 205 Å². The molecule has 0 aliphatic heterocycles. The highest BCUT2D eigenvalue weighted by molar-refractivity contribution is 5.70. The van der Waals surface area contributed by atoms with Crippen LogP contribution in [-0.2, 0) is 9.53 Å². The first-order valence-electron chi connectivity index (χ1n) is 27.8. The molecule has 2 unspecified atom stereocenters. The largest absolute Gasteiger partial charge is 0.435 e. The van der Waals surface area contributed by atoms with Crippen LogP contribution in [0.1, 0.15) is 287 Å². The smallest absolute Gasteiger partial charge is 0.310 e. The number of ether oxygens (including phenoxy) is 1. The maximum Gasteiger partial charge on any atom is 0.310 e. The Morgan fingerprint density at radius 2 is 1.11 bits per heavy atom. The molecule has 0 aromatic carbocycles. The summed E-state index contributed by atoms with van der Waals surface area (Å²) in [7, 11) is 0. The maximum absolute atomic E-state index is 13.0. The summed E-state index contributed by atoms with van der Waals surface area (Å²) in [4.78, 5) is 13.0. The minimum atomic E-state index is -0.0208. The number of carbonyl (C=O) groups is 1. The second-order valence-electron chi connectivity index (χ2n) is 24.5. The van der Waals surface area contributed by atoms with E-state index in [0.717, 1.165) is 42.9 Å². The van der Waals surface area contributed by atoms with Crippen molar-refractivity contribution in [2.75, 3.05) is 0 Å². The summed E-state index contributed by atoms with van der Waals surface area (Å²) in [6.07, 6.45) is 52.2. The summed E-state index contributed by atoms with van der Waals surface area (Å²) in [5.74, 6) is 3.83. The van der Waals surface area contributed by atoms with E-state index in [9.17, 15) is 4.79 Å². The number of hydrogen-bond donors (Lipinski definition) is 0. The number of esters is 1. The molecule has 4 fully saturated rings. The number of fused-ring (bicyclic) bond motifs is 7. The molecule has 5 aliphatic rings. The summed E-state index contributed by atoms with van der Waals surface area (Å²) in [5.41, 5.74) is 4.83. The van der Waals surface area contributed by atoms with E-state index >= 15 is 0 Å². The van der Waals surface area contributed by atoms with E-state index in [1.54, 1.807) is 0 Å². The van der Waals surface area contributed by atoms with Crippen LogP contribution in [0, 0.1) is 56.7 Å². The van der Waals surface area contributed by atoms with Crippen molar-refractivity contribution in [3.63, 3.8) is 0 Å². The average Bonchev–Trinajstić information content (AvgIpc) is 3.60. The molecule has 4 saturated carbocycles. The van der Waals surface area contributed by atoms with E-state index in [-0.39, 0.29) is 16.8 Å². The summed E-state index contributed by atoms with van der Waals surface area (Å²) in [6.45, 7) is 23.1. The molecule has 8 atom stereocenters. The first-order chi connectivity index (χ1) is 29.2. The van der Waals surface area contributed by atoms with E-state index in [1.807, 2.05) is 11.8 Å². The Labute approximate surface area is 381 Å². The van der Waals surface area contributed by atoms with Crippen LogP contribution in [0.3, 0.4) is 0 Å². The molecule has 0 radical (unpaired) electrons. The van der Waals surface area contributed by atoms with Gasteiger partial charge < -0.3 is 4.74 Å². The fourth-order valence-electron chi connectivity index (χ4n) is 15.7. The maximum atomic E-state index is 13.0. The second kappa shape index (κ2) is 23.9. The average molecular weight is 845 g/mol. The fraction of sp³-hybridized carbons (Fsp3) is 0.915. The summed E-state index contributed by atoms with van der Waals surface area (Å²) >= 11 is 0. The van der Waals surface area contributed by atoms with Gasteiger partial charge in [0.2, 0.25) is 0 Å². The van der Waals surface area contributed by atoms with Gasteiger partial charge in [-0.3, -0.25) is 4.79 Å². The van der Waals surface area contributed by atoms with Crippen LogP contribution in [0.25, 0.3) is 0 Å². The molecular weight excluding hydrogens is 741 g/mol. The lowest BCUT2D eigenvalue weighted by molar-refractivity contribution is -0.158. The van der Waals surface area contributed by atoms with Crippen LogP contribution in [0.4, 0.5) is 0 Å². The summed E-state index contributed by atoms with van der Waals surface area (Å²) in [5, 5.41) is 0. The minimum absolute atomic E-state index is 0.0208. The molecule has 0 heterocycles. The Morgan fingerprint density at radius 3 is 1.61 bits per heavy atom. The lowest BCUT2D eigenvalue weighted by atomic mass is 9.35. The Morgan fingerprint density at radius 1 is 0.623 bits per heavy atom. The number of carbonyl (C=O) groups excluding carboxylic acids is 1. The number of hydrogen-bond acceptors (Lipinski definition) is 2.